The minimum Gasteiger partial charge on any atom is -0.484 e. The molecule has 1 aliphatic rings. The van der Waals surface area contributed by atoms with Gasteiger partial charge in [0.15, 0.2) is 6.61 Å². The van der Waals surface area contributed by atoms with Crippen molar-refractivity contribution in [3.05, 3.63) is 59.9 Å². The number of rotatable bonds is 6. The molecule has 1 aromatic carbocycles. The lowest BCUT2D eigenvalue weighted by atomic mass is 10.2. The predicted octanol–water partition coefficient (Wildman–Crippen LogP) is 3.99. The number of ether oxygens (including phenoxy) is 1. The second-order valence-corrected chi connectivity index (χ2v) is 8.62. The Morgan fingerprint density at radius 2 is 2.00 bits per heavy atom. The highest BCUT2D eigenvalue weighted by Gasteiger charge is 2.16. The molecule has 0 unspecified atom stereocenters. The lowest BCUT2D eigenvalue weighted by molar-refractivity contribution is -0.132. The van der Waals surface area contributed by atoms with Crippen molar-refractivity contribution in [2.24, 2.45) is 0 Å². The summed E-state index contributed by atoms with van der Waals surface area (Å²) in [5.41, 5.74) is 2.33. The van der Waals surface area contributed by atoms with E-state index in [2.05, 4.69) is 17.1 Å². The van der Waals surface area contributed by atoms with Crippen molar-refractivity contribution < 1.29 is 9.53 Å². The van der Waals surface area contributed by atoms with Gasteiger partial charge in [0.1, 0.15) is 5.75 Å². The number of aromatic nitrogens is 1. The molecule has 0 spiro atoms. The van der Waals surface area contributed by atoms with Crippen LogP contribution in [0.3, 0.4) is 0 Å². The van der Waals surface area contributed by atoms with Gasteiger partial charge in [0, 0.05) is 26.0 Å². The summed E-state index contributed by atoms with van der Waals surface area (Å²) >= 11 is 4.00. The number of likely N-dealkylation sites (N-methyl/N-ethyl adjacent to an activating group) is 1. The molecule has 0 radical (unpaired) electrons. The summed E-state index contributed by atoms with van der Waals surface area (Å²) in [7, 11) is 1.78. The number of carbonyl (C=O) groups is 1. The number of thioether (sulfide) groups is 2. The van der Waals surface area contributed by atoms with Crippen LogP contribution in [0.1, 0.15) is 22.1 Å². The van der Waals surface area contributed by atoms with Gasteiger partial charge in [-0.25, -0.2) is 0 Å². The van der Waals surface area contributed by atoms with Gasteiger partial charge in [-0.3, -0.25) is 9.78 Å². The molecule has 25 heavy (non-hydrogen) atoms. The van der Waals surface area contributed by atoms with Crippen molar-refractivity contribution in [2.45, 2.75) is 17.5 Å². The minimum absolute atomic E-state index is 0.0447. The zero-order chi connectivity index (χ0) is 17.5. The van der Waals surface area contributed by atoms with E-state index < -0.39 is 0 Å². The summed E-state index contributed by atoms with van der Waals surface area (Å²) in [5.74, 6) is 3.14. The maximum absolute atomic E-state index is 12.2. The molecule has 0 N–H and O–H groups in total. The molecule has 0 bridgehead atoms. The SMILES string of the molecule is CN(Cc1cccnc1)C(=O)COc1ccc(C2SCCCS2)cc1. The fourth-order valence-electron chi connectivity index (χ4n) is 2.51. The van der Waals surface area contributed by atoms with Crippen molar-refractivity contribution >= 4 is 29.4 Å². The summed E-state index contributed by atoms with van der Waals surface area (Å²) in [5, 5.41) is 0. The highest BCUT2D eigenvalue weighted by molar-refractivity contribution is 8.16. The van der Waals surface area contributed by atoms with Crippen LogP contribution in [-0.2, 0) is 11.3 Å². The Bertz CT molecular complexity index is 674. The van der Waals surface area contributed by atoms with Crippen LogP contribution in [-0.4, -0.2) is 41.0 Å². The van der Waals surface area contributed by atoms with Gasteiger partial charge in [-0.15, -0.1) is 23.5 Å². The van der Waals surface area contributed by atoms with E-state index in [0.29, 0.717) is 11.1 Å². The molecule has 2 aromatic rings. The van der Waals surface area contributed by atoms with Gasteiger partial charge in [-0.2, -0.15) is 0 Å². The molecule has 6 heteroatoms. The first-order chi connectivity index (χ1) is 12.2. The average molecular weight is 375 g/mol. The third-order valence-electron chi connectivity index (χ3n) is 3.91. The van der Waals surface area contributed by atoms with Crippen LogP contribution in [0, 0.1) is 0 Å². The fourth-order valence-corrected chi connectivity index (χ4v) is 5.40. The quantitative estimate of drug-likeness (QED) is 0.765. The van der Waals surface area contributed by atoms with E-state index in [1.165, 1.54) is 23.5 Å². The predicted molar refractivity (Wildman–Crippen MR) is 105 cm³/mol. The summed E-state index contributed by atoms with van der Waals surface area (Å²) in [6.45, 7) is 0.578. The monoisotopic (exact) mass is 374 g/mol. The molecule has 2 heterocycles. The Morgan fingerprint density at radius 1 is 1.24 bits per heavy atom. The van der Waals surface area contributed by atoms with Crippen LogP contribution >= 0.6 is 23.5 Å². The van der Waals surface area contributed by atoms with Crippen LogP contribution in [0.25, 0.3) is 0 Å². The Hall–Kier alpha value is -1.66. The van der Waals surface area contributed by atoms with Gasteiger partial charge in [0.05, 0.1) is 4.58 Å². The molecule has 0 aliphatic carbocycles. The molecule has 1 aliphatic heterocycles. The lowest BCUT2D eigenvalue weighted by Gasteiger charge is -2.21. The number of pyridine rings is 1. The summed E-state index contributed by atoms with van der Waals surface area (Å²) in [6.07, 6.45) is 4.79. The van der Waals surface area contributed by atoms with E-state index >= 15 is 0 Å². The molecule has 1 amide bonds. The Kier molecular flexibility index (Phi) is 6.64. The third-order valence-corrected chi connectivity index (χ3v) is 6.93. The highest BCUT2D eigenvalue weighted by atomic mass is 32.2. The molecular formula is C19H22N2O2S2. The second-order valence-electron chi connectivity index (χ2n) is 5.90. The summed E-state index contributed by atoms with van der Waals surface area (Å²) in [6, 6.07) is 12.0. The lowest BCUT2D eigenvalue weighted by Crippen LogP contribution is -2.30. The summed E-state index contributed by atoms with van der Waals surface area (Å²) < 4.78 is 6.17. The van der Waals surface area contributed by atoms with Gasteiger partial charge < -0.3 is 9.64 Å². The van der Waals surface area contributed by atoms with Crippen molar-refractivity contribution in [3.8, 4) is 5.75 Å². The van der Waals surface area contributed by atoms with Crippen LogP contribution < -0.4 is 4.74 Å². The number of amides is 1. The van der Waals surface area contributed by atoms with E-state index in [-0.39, 0.29) is 12.5 Å². The summed E-state index contributed by atoms with van der Waals surface area (Å²) in [4.78, 5) is 17.9. The molecular weight excluding hydrogens is 352 g/mol. The van der Waals surface area contributed by atoms with Gasteiger partial charge in [0.2, 0.25) is 0 Å². The van der Waals surface area contributed by atoms with Gasteiger partial charge in [-0.05, 0) is 47.3 Å². The number of nitrogens with zero attached hydrogens (tertiary/aromatic N) is 2. The minimum atomic E-state index is -0.0497. The van der Waals surface area contributed by atoms with Crippen LogP contribution in [0.5, 0.6) is 5.75 Å². The molecule has 132 valence electrons. The first kappa shape index (κ1) is 18.1. The van der Waals surface area contributed by atoms with Gasteiger partial charge in [0.25, 0.3) is 5.91 Å². The number of hydrogen-bond acceptors (Lipinski definition) is 5. The standard InChI is InChI=1S/C19H22N2O2S2/c1-21(13-15-4-2-9-20-12-15)18(22)14-23-17-7-5-16(6-8-17)19-24-10-3-11-25-19/h2,4-9,12,19H,3,10-11,13-14H2,1H3. The van der Waals surface area contributed by atoms with E-state index in [1.807, 2.05) is 47.8 Å². The van der Waals surface area contributed by atoms with Crippen molar-refractivity contribution in [3.63, 3.8) is 0 Å². The van der Waals surface area contributed by atoms with Gasteiger partial charge >= 0.3 is 0 Å². The van der Waals surface area contributed by atoms with E-state index in [1.54, 1.807) is 24.3 Å². The molecule has 0 atom stereocenters. The second kappa shape index (κ2) is 9.15. The van der Waals surface area contributed by atoms with Crippen LogP contribution in [0.4, 0.5) is 0 Å². The topological polar surface area (TPSA) is 42.4 Å². The molecule has 4 nitrogen and oxygen atoms in total. The van der Waals surface area contributed by atoms with Gasteiger partial charge in [-0.1, -0.05) is 18.2 Å². The molecule has 0 saturated carbocycles. The normalized spacial score (nSPS) is 14.9. The van der Waals surface area contributed by atoms with E-state index in [0.717, 1.165) is 11.3 Å². The third kappa shape index (κ3) is 5.41. The van der Waals surface area contributed by atoms with Crippen LogP contribution in [0.2, 0.25) is 0 Å². The molecule has 3 rings (SSSR count). The van der Waals surface area contributed by atoms with Crippen LogP contribution in [0.15, 0.2) is 48.8 Å². The molecule has 1 saturated heterocycles. The largest absolute Gasteiger partial charge is 0.484 e. The van der Waals surface area contributed by atoms with E-state index in [9.17, 15) is 4.79 Å². The fraction of sp³-hybridized carbons (Fsp3) is 0.368. The molecule has 1 fully saturated rings. The Balaban J connectivity index is 1.48. The zero-order valence-corrected chi connectivity index (χ0v) is 15.9. The molecule has 1 aromatic heterocycles. The maximum Gasteiger partial charge on any atom is 0.260 e. The zero-order valence-electron chi connectivity index (χ0n) is 14.3. The number of hydrogen-bond donors (Lipinski definition) is 0. The Labute approximate surface area is 157 Å². The van der Waals surface area contributed by atoms with E-state index in [4.69, 9.17) is 4.74 Å². The van der Waals surface area contributed by atoms with Crippen molar-refractivity contribution in [1.29, 1.82) is 0 Å². The number of benzene rings is 1. The van der Waals surface area contributed by atoms with Crippen molar-refractivity contribution in [2.75, 3.05) is 25.2 Å². The Morgan fingerprint density at radius 3 is 2.68 bits per heavy atom. The first-order valence-electron chi connectivity index (χ1n) is 8.31. The maximum atomic E-state index is 12.2. The van der Waals surface area contributed by atoms with Crippen molar-refractivity contribution in [1.82, 2.24) is 9.88 Å². The highest BCUT2D eigenvalue weighted by Crippen LogP contribution is 2.43. The first-order valence-corrected chi connectivity index (χ1v) is 10.4. The smallest absolute Gasteiger partial charge is 0.260 e. The number of carbonyl (C=O) groups excluding carboxylic acids is 1. The average Bonchev–Trinajstić information content (AvgIpc) is 2.68.